The van der Waals surface area contributed by atoms with Crippen LogP contribution in [0.5, 0.6) is 5.75 Å². The minimum absolute atomic E-state index is 0.154. The predicted octanol–water partition coefficient (Wildman–Crippen LogP) is 4.01. The minimum Gasteiger partial charge on any atom is -0.494 e. The molecule has 2 aliphatic rings. The van der Waals surface area contributed by atoms with Crippen LogP contribution in [-0.2, 0) is 11.3 Å². The van der Waals surface area contributed by atoms with Crippen molar-refractivity contribution in [1.29, 1.82) is 0 Å². The molecule has 0 unspecified atom stereocenters. The van der Waals surface area contributed by atoms with Gasteiger partial charge < -0.3 is 24.8 Å². The molecule has 188 valence electrons. The third kappa shape index (κ3) is 4.76. The quantitative estimate of drug-likeness (QED) is 0.438. The molecule has 10 heteroatoms. The van der Waals surface area contributed by atoms with Crippen molar-refractivity contribution < 1.29 is 13.9 Å². The molecule has 36 heavy (non-hydrogen) atoms. The molecule has 2 aliphatic heterocycles. The van der Waals surface area contributed by atoms with Crippen LogP contribution in [0.1, 0.15) is 24.0 Å². The van der Waals surface area contributed by atoms with E-state index in [4.69, 9.17) is 4.74 Å². The number of likely N-dealkylation sites (tertiary alicyclic amines) is 1. The van der Waals surface area contributed by atoms with Crippen LogP contribution in [0.15, 0.2) is 43.4 Å². The topological polar surface area (TPSA) is 87.6 Å². The lowest BCUT2D eigenvalue weighted by Gasteiger charge is -2.35. The molecule has 2 fully saturated rings. The minimum atomic E-state index is -0.523. The van der Waals surface area contributed by atoms with Crippen LogP contribution in [0.3, 0.4) is 0 Å². The highest BCUT2D eigenvalue weighted by Crippen LogP contribution is 2.39. The van der Waals surface area contributed by atoms with Gasteiger partial charge in [-0.1, -0.05) is 6.58 Å². The van der Waals surface area contributed by atoms with Crippen LogP contribution in [-0.4, -0.2) is 58.6 Å². The van der Waals surface area contributed by atoms with Gasteiger partial charge in [0.1, 0.15) is 5.75 Å². The lowest BCUT2D eigenvalue weighted by Crippen LogP contribution is -2.37. The Bertz CT molecular complexity index is 1300. The molecule has 0 spiro atoms. The van der Waals surface area contributed by atoms with E-state index in [0.29, 0.717) is 17.1 Å². The summed E-state index contributed by atoms with van der Waals surface area (Å²) in [6.07, 6.45) is 8.49. The first-order valence-corrected chi connectivity index (χ1v) is 12.1. The lowest BCUT2D eigenvalue weighted by molar-refractivity contribution is -0.111. The van der Waals surface area contributed by atoms with E-state index in [1.807, 2.05) is 25.4 Å². The summed E-state index contributed by atoms with van der Waals surface area (Å²) in [7, 11) is 1.57. The Morgan fingerprint density at radius 3 is 2.61 bits per heavy atom. The number of amides is 1. The van der Waals surface area contributed by atoms with Gasteiger partial charge in [0.25, 0.3) is 0 Å². The van der Waals surface area contributed by atoms with Gasteiger partial charge in [0.05, 0.1) is 30.4 Å². The highest BCUT2D eigenvalue weighted by atomic mass is 19.1. The number of nitrogens with one attached hydrogen (secondary N) is 2. The summed E-state index contributed by atoms with van der Waals surface area (Å²) in [5.41, 5.74) is 4.24. The van der Waals surface area contributed by atoms with E-state index in [1.165, 1.54) is 12.5 Å². The Morgan fingerprint density at radius 1 is 1.19 bits per heavy atom. The number of benzene rings is 1. The number of rotatable bonds is 9. The van der Waals surface area contributed by atoms with Crippen LogP contribution >= 0.6 is 0 Å². The Labute approximate surface area is 209 Å². The van der Waals surface area contributed by atoms with Gasteiger partial charge in [0, 0.05) is 38.1 Å². The number of nitrogens with zero attached hydrogens (tertiary/aromatic N) is 5. The van der Waals surface area contributed by atoms with E-state index in [9.17, 15) is 9.18 Å². The van der Waals surface area contributed by atoms with Crippen molar-refractivity contribution in [2.45, 2.75) is 26.3 Å². The highest BCUT2D eigenvalue weighted by Gasteiger charge is 2.22. The van der Waals surface area contributed by atoms with Gasteiger partial charge >= 0.3 is 0 Å². The van der Waals surface area contributed by atoms with Crippen molar-refractivity contribution in [2.24, 2.45) is 0 Å². The SMILES string of the molecule is C=CC(=O)Nc1cc(Nc2ncc(F)c(-n3cc(C)c(CN4CCC4)c3)n2)c(OC)cc1N1CCC1. The maximum atomic E-state index is 14.8. The third-order valence-electron chi connectivity index (χ3n) is 6.65. The second kappa shape index (κ2) is 9.98. The molecule has 0 atom stereocenters. The Hall–Kier alpha value is -3.92. The van der Waals surface area contributed by atoms with E-state index in [-0.39, 0.29) is 17.7 Å². The predicted molar refractivity (Wildman–Crippen MR) is 138 cm³/mol. The second-order valence-corrected chi connectivity index (χ2v) is 9.10. The van der Waals surface area contributed by atoms with E-state index < -0.39 is 5.82 Å². The molecule has 2 aromatic heterocycles. The molecule has 5 rings (SSSR count). The zero-order valence-electron chi connectivity index (χ0n) is 20.6. The number of hydrogen-bond acceptors (Lipinski definition) is 7. The summed E-state index contributed by atoms with van der Waals surface area (Å²) in [6, 6.07) is 3.63. The zero-order valence-corrected chi connectivity index (χ0v) is 20.6. The summed E-state index contributed by atoms with van der Waals surface area (Å²) in [4.78, 5) is 25.2. The molecule has 2 N–H and O–H groups in total. The number of carbonyl (C=O) groups excluding carboxylic acids is 1. The van der Waals surface area contributed by atoms with Crippen molar-refractivity contribution in [2.75, 3.05) is 48.8 Å². The first-order chi connectivity index (χ1) is 17.4. The van der Waals surface area contributed by atoms with Crippen molar-refractivity contribution in [1.82, 2.24) is 19.4 Å². The molecule has 9 nitrogen and oxygen atoms in total. The lowest BCUT2D eigenvalue weighted by atomic mass is 10.1. The summed E-state index contributed by atoms with van der Waals surface area (Å²) in [5.74, 6) is 0.0757. The maximum absolute atomic E-state index is 14.8. The number of methoxy groups -OCH3 is 1. The Morgan fingerprint density at radius 2 is 1.97 bits per heavy atom. The molecule has 0 aliphatic carbocycles. The summed E-state index contributed by atoms with van der Waals surface area (Å²) >= 11 is 0. The molecular formula is C26H30FN7O2. The van der Waals surface area contributed by atoms with E-state index in [1.54, 1.807) is 17.7 Å². The fourth-order valence-corrected chi connectivity index (χ4v) is 4.33. The molecule has 0 bridgehead atoms. The number of carbonyl (C=O) groups is 1. The molecule has 2 saturated heterocycles. The Balaban J connectivity index is 1.45. The fourth-order valence-electron chi connectivity index (χ4n) is 4.33. The van der Waals surface area contributed by atoms with Gasteiger partial charge in [-0.3, -0.25) is 9.69 Å². The molecule has 1 amide bonds. The number of anilines is 4. The van der Waals surface area contributed by atoms with Gasteiger partial charge in [-0.15, -0.1) is 0 Å². The molecule has 4 heterocycles. The van der Waals surface area contributed by atoms with Crippen molar-refractivity contribution >= 4 is 28.9 Å². The van der Waals surface area contributed by atoms with Gasteiger partial charge in [-0.05, 0) is 56.1 Å². The third-order valence-corrected chi connectivity index (χ3v) is 6.65. The molecule has 3 aromatic rings. The smallest absolute Gasteiger partial charge is 0.247 e. The summed E-state index contributed by atoms with van der Waals surface area (Å²) < 4.78 is 22.1. The van der Waals surface area contributed by atoms with Crippen LogP contribution < -0.4 is 20.3 Å². The number of aryl methyl sites for hydroxylation is 1. The number of halogens is 1. The zero-order chi connectivity index (χ0) is 25.2. The van der Waals surface area contributed by atoms with Crippen LogP contribution in [0, 0.1) is 12.7 Å². The van der Waals surface area contributed by atoms with E-state index in [0.717, 1.165) is 62.2 Å². The standard InChI is InChI=1S/C26H30FN7O2/c1-4-24(35)29-20-11-21(23(36-3)12-22(20)33-9-6-10-33)30-26-28-13-19(27)25(31-26)34-14-17(2)18(16-34)15-32-7-5-8-32/h4,11-14,16H,1,5-10,15H2,2-3H3,(H,29,35)(H,28,30,31). The molecule has 0 radical (unpaired) electrons. The second-order valence-electron chi connectivity index (χ2n) is 9.10. The number of aromatic nitrogens is 3. The monoisotopic (exact) mass is 491 g/mol. The van der Waals surface area contributed by atoms with Gasteiger partial charge in [0.2, 0.25) is 11.9 Å². The first kappa shape index (κ1) is 23.8. The average molecular weight is 492 g/mol. The van der Waals surface area contributed by atoms with Crippen molar-refractivity contribution in [3.8, 4) is 11.6 Å². The highest BCUT2D eigenvalue weighted by molar-refractivity contribution is 6.02. The molecule has 0 saturated carbocycles. The molecule has 1 aromatic carbocycles. The number of hydrogen-bond donors (Lipinski definition) is 2. The van der Waals surface area contributed by atoms with Crippen molar-refractivity contribution in [3.63, 3.8) is 0 Å². The van der Waals surface area contributed by atoms with Crippen molar-refractivity contribution in [3.05, 3.63) is 60.3 Å². The van der Waals surface area contributed by atoms with Gasteiger partial charge in [-0.25, -0.2) is 9.37 Å². The van der Waals surface area contributed by atoms with Crippen LogP contribution in [0.2, 0.25) is 0 Å². The van der Waals surface area contributed by atoms with Crippen LogP contribution in [0.4, 0.5) is 27.4 Å². The molecular weight excluding hydrogens is 461 g/mol. The van der Waals surface area contributed by atoms with Crippen LogP contribution in [0.25, 0.3) is 5.82 Å². The van der Waals surface area contributed by atoms with Gasteiger partial charge in [-0.2, -0.15) is 4.98 Å². The maximum Gasteiger partial charge on any atom is 0.247 e. The van der Waals surface area contributed by atoms with E-state index >= 15 is 0 Å². The van der Waals surface area contributed by atoms with Gasteiger partial charge in [0.15, 0.2) is 11.6 Å². The number of ether oxygens (including phenoxy) is 1. The summed E-state index contributed by atoms with van der Waals surface area (Å²) in [6.45, 7) is 10.4. The fraction of sp³-hybridized carbons (Fsp3) is 0.346. The first-order valence-electron chi connectivity index (χ1n) is 12.1. The Kier molecular flexibility index (Phi) is 6.60. The van der Waals surface area contributed by atoms with E-state index in [2.05, 4.69) is 37.0 Å². The summed E-state index contributed by atoms with van der Waals surface area (Å²) in [5, 5.41) is 6.00. The average Bonchev–Trinajstić information content (AvgIpc) is 3.17. The largest absolute Gasteiger partial charge is 0.494 e. The normalized spacial score (nSPS) is 15.1.